The van der Waals surface area contributed by atoms with E-state index in [1.807, 2.05) is 25.4 Å². The molecule has 1 aromatic carbocycles. The standard InChI is InChI=1S/C16H14ClN5O/c1-11-16(15(23)7-6-12-9-18-21(2)10-12)19-20-22(11)14-5-3-4-13(17)8-14/h3-10H,1-2H3/b7-6+. The Morgan fingerprint density at radius 3 is 2.87 bits per heavy atom. The van der Waals surface area contributed by atoms with Crippen molar-refractivity contribution in [1.82, 2.24) is 24.8 Å². The molecule has 0 radical (unpaired) electrons. The summed E-state index contributed by atoms with van der Waals surface area (Å²) < 4.78 is 3.27. The average Bonchev–Trinajstić information content (AvgIpc) is 3.11. The number of hydrogen-bond acceptors (Lipinski definition) is 4. The second kappa shape index (κ2) is 6.18. The van der Waals surface area contributed by atoms with Crippen molar-refractivity contribution >= 4 is 23.5 Å². The van der Waals surface area contributed by atoms with E-state index < -0.39 is 0 Å². The van der Waals surface area contributed by atoms with Crippen molar-refractivity contribution in [2.45, 2.75) is 6.92 Å². The first-order valence-electron chi connectivity index (χ1n) is 6.94. The van der Waals surface area contributed by atoms with Gasteiger partial charge in [0, 0.05) is 23.8 Å². The lowest BCUT2D eigenvalue weighted by atomic mass is 10.2. The van der Waals surface area contributed by atoms with Gasteiger partial charge in [-0.2, -0.15) is 5.10 Å². The molecule has 3 rings (SSSR count). The first kappa shape index (κ1) is 15.2. The van der Waals surface area contributed by atoms with Gasteiger partial charge in [-0.1, -0.05) is 22.9 Å². The highest BCUT2D eigenvalue weighted by molar-refractivity contribution is 6.30. The summed E-state index contributed by atoms with van der Waals surface area (Å²) in [6, 6.07) is 7.22. The Morgan fingerprint density at radius 2 is 2.17 bits per heavy atom. The molecule has 0 N–H and O–H groups in total. The second-order valence-electron chi connectivity index (χ2n) is 5.06. The molecule has 0 fully saturated rings. The number of nitrogens with zero attached hydrogens (tertiary/aromatic N) is 5. The fraction of sp³-hybridized carbons (Fsp3) is 0.125. The molecule has 116 valence electrons. The zero-order valence-corrected chi connectivity index (χ0v) is 13.4. The van der Waals surface area contributed by atoms with Gasteiger partial charge in [-0.15, -0.1) is 5.10 Å². The van der Waals surface area contributed by atoms with Crippen LogP contribution in [0.4, 0.5) is 0 Å². The molecule has 7 heteroatoms. The Balaban J connectivity index is 1.86. The molecule has 0 saturated heterocycles. The van der Waals surface area contributed by atoms with Crippen molar-refractivity contribution in [3.05, 3.63) is 64.7 Å². The molecule has 0 aliphatic carbocycles. The largest absolute Gasteiger partial charge is 0.287 e. The number of benzene rings is 1. The number of hydrogen-bond donors (Lipinski definition) is 0. The molecular weight excluding hydrogens is 314 g/mol. The molecule has 0 bridgehead atoms. The maximum absolute atomic E-state index is 12.3. The number of rotatable bonds is 4. The van der Waals surface area contributed by atoms with Gasteiger partial charge in [-0.25, -0.2) is 4.68 Å². The summed E-state index contributed by atoms with van der Waals surface area (Å²) in [6.45, 7) is 1.80. The maximum Gasteiger partial charge on any atom is 0.208 e. The summed E-state index contributed by atoms with van der Waals surface area (Å²) in [5.74, 6) is -0.209. The number of halogens is 1. The molecule has 0 amide bonds. The van der Waals surface area contributed by atoms with Crippen molar-refractivity contribution in [2.24, 2.45) is 7.05 Å². The number of aromatic nitrogens is 5. The minimum absolute atomic E-state index is 0.209. The van der Waals surface area contributed by atoms with Gasteiger partial charge in [-0.3, -0.25) is 9.48 Å². The lowest BCUT2D eigenvalue weighted by Gasteiger charge is -2.03. The fourth-order valence-corrected chi connectivity index (χ4v) is 2.37. The van der Waals surface area contributed by atoms with Crippen LogP contribution < -0.4 is 0 Å². The summed E-state index contributed by atoms with van der Waals surface area (Å²) in [4.78, 5) is 12.3. The van der Waals surface area contributed by atoms with Crippen molar-refractivity contribution in [1.29, 1.82) is 0 Å². The monoisotopic (exact) mass is 327 g/mol. The van der Waals surface area contributed by atoms with Gasteiger partial charge >= 0.3 is 0 Å². The number of carbonyl (C=O) groups is 1. The van der Waals surface area contributed by atoms with Crippen LogP contribution in [-0.4, -0.2) is 30.6 Å². The molecule has 2 heterocycles. The van der Waals surface area contributed by atoms with Gasteiger partial charge in [0.2, 0.25) is 5.78 Å². The zero-order valence-electron chi connectivity index (χ0n) is 12.6. The Bertz CT molecular complexity index is 894. The molecule has 0 saturated carbocycles. The maximum atomic E-state index is 12.3. The summed E-state index contributed by atoms with van der Waals surface area (Å²) in [5, 5.41) is 12.7. The number of allylic oxidation sites excluding steroid dienone is 1. The van der Waals surface area contributed by atoms with Gasteiger partial charge in [0.15, 0.2) is 5.69 Å². The van der Waals surface area contributed by atoms with Crippen LogP contribution in [0.15, 0.2) is 42.7 Å². The third-order valence-electron chi connectivity index (χ3n) is 3.33. The van der Waals surface area contributed by atoms with E-state index in [2.05, 4.69) is 15.4 Å². The van der Waals surface area contributed by atoms with Crippen LogP contribution in [0.2, 0.25) is 5.02 Å². The Morgan fingerprint density at radius 1 is 1.35 bits per heavy atom. The predicted octanol–water partition coefficient (Wildman–Crippen LogP) is 2.86. The zero-order chi connectivity index (χ0) is 16.4. The van der Waals surface area contributed by atoms with Crippen LogP contribution in [0, 0.1) is 6.92 Å². The molecule has 23 heavy (non-hydrogen) atoms. The quantitative estimate of drug-likeness (QED) is 0.546. The molecule has 6 nitrogen and oxygen atoms in total. The molecule has 2 aromatic heterocycles. The molecular formula is C16H14ClN5O. The normalized spacial score (nSPS) is 11.3. The van der Waals surface area contributed by atoms with E-state index in [0.29, 0.717) is 16.4 Å². The van der Waals surface area contributed by atoms with Crippen molar-refractivity contribution < 1.29 is 4.79 Å². The number of carbonyl (C=O) groups excluding carboxylic acids is 1. The van der Waals surface area contributed by atoms with Gasteiger partial charge in [-0.05, 0) is 37.3 Å². The number of aryl methyl sites for hydroxylation is 1. The fourth-order valence-electron chi connectivity index (χ4n) is 2.19. The van der Waals surface area contributed by atoms with Crippen LogP contribution in [0.25, 0.3) is 11.8 Å². The van der Waals surface area contributed by atoms with Crippen LogP contribution >= 0.6 is 11.6 Å². The molecule has 0 unspecified atom stereocenters. The van der Waals surface area contributed by atoms with Crippen LogP contribution in [0.5, 0.6) is 0 Å². The summed E-state index contributed by atoms with van der Waals surface area (Å²) in [6.07, 6.45) is 6.67. The van der Waals surface area contributed by atoms with E-state index in [1.54, 1.807) is 40.7 Å². The third-order valence-corrected chi connectivity index (χ3v) is 3.57. The molecule has 0 spiro atoms. The summed E-state index contributed by atoms with van der Waals surface area (Å²) in [7, 11) is 1.82. The smallest absolute Gasteiger partial charge is 0.208 e. The first-order chi connectivity index (χ1) is 11.0. The highest BCUT2D eigenvalue weighted by atomic mass is 35.5. The van der Waals surface area contributed by atoms with Gasteiger partial charge in [0.05, 0.1) is 17.6 Å². The number of ketones is 1. The molecule has 0 aliphatic rings. The summed E-state index contributed by atoms with van der Waals surface area (Å²) >= 11 is 5.99. The van der Waals surface area contributed by atoms with E-state index in [4.69, 9.17) is 11.6 Å². The topological polar surface area (TPSA) is 65.6 Å². The van der Waals surface area contributed by atoms with E-state index in [1.165, 1.54) is 6.08 Å². The minimum atomic E-state index is -0.209. The third kappa shape index (κ3) is 3.22. The van der Waals surface area contributed by atoms with E-state index >= 15 is 0 Å². The van der Waals surface area contributed by atoms with Crippen molar-refractivity contribution in [2.75, 3.05) is 0 Å². The van der Waals surface area contributed by atoms with Crippen LogP contribution in [0.3, 0.4) is 0 Å². The van der Waals surface area contributed by atoms with E-state index in [9.17, 15) is 4.79 Å². The highest BCUT2D eigenvalue weighted by Crippen LogP contribution is 2.17. The molecule has 0 aliphatic heterocycles. The van der Waals surface area contributed by atoms with E-state index in [0.717, 1.165) is 11.3 Å². The molecule has 3 aromatic rings. The minimum Gasteiger partial charge on any atom is -0.287 e. The Labute approximate surface area is 138 Å². The van der Waals surface area contributed by atoms with Crippen LogP contribution in [-0.2, 0) is 7.05 Å². The first-order valence-corrected chi connectivity index (χ1v) is 7.31. The van der Waals surface area contributed by atoms with E-state index in [-0.39, 0.29) is 5.78 Å². The van der Waals surface area contributed by atoms with Gasteiger partial charge < -0.3 is 0 Å². The molecule has 0 atom stereocenters. The second-order valence-corrected chi connectivity index (χ2v) is 5.50. The average molecular weight is 328 g/mol. The Hall–Kier alpha value is -2.73. The van der Waals surface area contributed by atoms with Gasteiger partial charge in [0.25, 0.3) is 0 Å². The SMILES string of the molecule is Cc1c(C(=O)/C=C/c2cnn(C)c2)nnn1-c1cccc(Cl)c1. The van der Waals surface area contributed by atoms with Crippen LogP contribution in [0.1, 0.15) is 21.7 Å². The van der Waals surface area contributed by atoms with Crippen molar-refractivity contribution in [3.63, 3.8) is 0 Å². The summed E-state index contributed by atoms with van der Waals surface area (Å²) in [5.41, 5.74) is 2.58. The highest BCUT2D eigenvalue weighted by Gasteiger charge is 2.15. The predicted molar refractivity (Wildman–Crippen MR) is 87.7 cm³/mol. The lowest BCUT2D eigenvalue weighted by Crippen LogP contribution is -2.01. The van der Waals surface area contributed by atoms with Gasteiger partial charge in [0.1, 0.15) is 0 Å². The van der Waals surface area contributed by atoms with Crippen molar-refractivity contribution in [3.8, 4) is 5.69 Å². The lowest BCUT2D eigenvalue weighted by molar-refractivity contribution is 0.104. The Kier molecular flexibility index (Phi) is 4.08.